The highest BCUT2D eigenvalue weighted by Gasteiger charge is 2.53. The Morgan fingerprint density at radius 2 is 2.12 bits per heavy atom. The molecule has 0 aromatic carbocycles. The molecular weight excluding hydrogens is 214 g/mol. The second-order valence-electron chi connectivity index (χ2n) is 4.41. The summed E-state index contributed by atoms with van der Waals surface area (Å²) in [6.07, 6.45) is -1.16. The van der Waals surface area contributed by atoms with E-state index >= 15 is 0 Å². The Morgan fingerprint density at radius 1 is 1.44 bits per heavy atom. The molecule has 2 aliphatic rings. The number of fused-ring (bicyclic) bond motifs is 1. The monoisotopic (exact) mass is 231 g/mol. The summed E-state index contributed by atoms with van der Waals surface area (Å²) in [4.78, 5) is 16.7. The topological polar surface area (TPSA) is 57.2 Å². The van der Waals surface area contributed by atoms with Crippen LogP contribution in [0.15, 0.2) is 0 Å². The number of ether oxygens (including phenoxy) is 3. The van der Waals surface area contributed by atoms with Crippen molar-refractivity contribution >= 4 is 5.91 Å². The van der Waals surface area contributed by atoms with E-state index in [0.717, 1.165) is 5.06 Å². The van der Waals surface area contributed by atoms with Gasteiger partial charge in [-0.25, -0.2) is 5.06 Å². The van der Waals surface area contributed by atoms with Crippen LogP contribution in [0.4, 0.5) is 0 Å². The van der Waals surface area contributed by atoms with E-state index in [1.165, 1.54) is 7.11 Å². The summed E-state index contributed by atoms with van der Waals surface area (Å²) in [6.45, 7) is 4.03. The smallest absolute Gasteiger partial charge is 0.277 e. The SMILES string of the molecule is CON(C)C(=O)[C@H]1OC[C@@H]2OC(C)(C)OC21. The first kappa shape index (κ1) is 11.8. The number of carbonyl (C=O) groups excluding carboxylic acids is 1. The van der Waals surface area contributed by atoms with Crippen molar-refractivity contribution in [3.63, 3.8) is 0 Å². The van der Waals surface area contributed by atoms with Gasteiger partial charge in [-0.2, -0.15) is 0 Å². The summed E-state index contributed by atoms with van der Waals surface area (Å²) in [7, 11) is 2.97. The number of likely N-dealkylation sites (N-methyl/N-ethyl adjacent to an activating group) is 1. The first-order chi connectivity index (χ1) is 7.44. The lowest BCUT2D eigenvalue weighted by molar-refractivity contribution is -0.198. The quantitative estimate of drug-likeness (QED) is 0.622. The van der Waals surface area contributed by atoms with Crippen LogP contribution in [0.25, 0.3) is 0 Å². The minimum absolute atomic E-state index is 0.172. The average Bonchev–Trinajstić information content (AvgIpc) is 2.70. The van der Waals surface area contributed by atoms with Crippen molar-refractivity contribution < 1.29 is 23.8 Å². The molecule has 92 valence electrons. The number of rotatable bonds is 2. The molecule has 6 nitrogen and oxygen atoms in total. The molecular formula is C10H17NO5. The predicted octanol–water partition coefficient (Wildman–Crippen LogP) is -0.0749. The zero-order valence-corrected chi connectivity index (χ0v) is 9.93. The Labute approximate surface area is 94.3 Å². The van der Waals surface area contributed by atoms with Crippen LogP contribution in [0.5, 0.6) is 0 Å². The Kier molecular flexibility index (Phi) is 2.91. The summed E-state index contributed by atoms with van der Waals surface area (Å²) in [5.74, 6) is -0.903. The highest BCUT2D eigenvalue weighted by molar-refractivity contribution is 5.81. The fourth-order valence-corrected chi connectivity index (χ4v) is 2.02. The van der Waals surface area contributed by atoms with Crippen LogP contribution in [-0.4, -0.2) is 55.8 Å². The first-order valence-corrected chi connectivity index (χ1v) is 5.23. The number of carbonyl (C=O) groups is 1. The van der Waals surface area contributed by atoms with Gasteiger partial charge in [-0.05, 0) is 13.8 Å². The van der Waals surface area contributed by atoms with Crippen molar-refractivity contribution in [2.45, 2.75) is 37.9 Å². The highest BCUT2D eigenvalue weighted by atomic mass is 16.8. The molecule has 2 rings (SSSR count). The third-order valence-corrected chi connectivity index (χ3v) is 2.79. The standard InChI is InChI=1S/C10H17NO5/c1-10(2)15-6-5-14-8(7(6)16-10)9(12)11(3)13-4/h6-8H,5H2,1-4H3/t6-,7?,8-/m0/s1. The van der Waals surface area contributed by atoms with Crippen molar-refractivity contribution in [1.29, 1.82) is 0 Å². The van der Waals surface area contributed by atoms with E-state index in [0.29, 0.717) is 6.61 Å². The maximum absolute atomic E-state index is 11.9. The number of amides is 1. The van der Waals surface area contributed by atoms with E-state index in [4.69, 9.17) is 19.0 Å². The third kappa shape index (κ3) is 1.93. The lowest BCUT2D eigenvalue weighted by atomic mass is 10.1. The lowest BCUT2D eigenvalue weighted by Gasteiger charge is -2.23. The van der Waals surface area contributed by atoms with Crippen LogP contribution in [0.2, 0.25) is 0 Å². The Balaban J connectivity index is 2.06. The Bertz CT molecular complexity index is 293. The van der Waals surface area contributed by atoms with Crippen molar-refractivity contribution in [2.75, 3.05) is 20.8 Å². The summed E-state index contributed by atoms with van der Waals surface area (Å²) in [6, 6.07) is 0. The van der Waals surface area contributed by atoms with E-state index in [1.807, 2.05) is 13.8 Å². The second-order valence-corrected chi connectivity index (χ2v) is 4.41. The third-order valence-electron chi connectivity index (χ3n) is 2.79. The lowest BCUT2D eigenvalue weighted by Crippen LogP contribution is -2.43. The van der Waals surface area contributed by atoms with Crippen molar-refractivity contribution in [3.05, 3.63) is 0 Å². The molecule has 1 amide bonds. The van der Waals surface area contributed by atoms with Gasteiger partial charge in [0.1, 0.15) is 12.2 Å². The van der Waals surface area contributed by atoms with E-state index in [1.54, 1.807) is 7.05 Å². The molecule has 0 spiro atoms. The maximum Gasteiger partial charge on any atom is 0.277 e. The molecule has 1 unspecified atom stereocenters. The molecule has 0 radical (unpaired) electrons. The van der Waals surface area contributed by atoms with Gasteiger partial charge >= 0.3 is 0 Å². The van der Waals surface area contributed by atoms with Gasteiger partial charge in [0, 0.05) is 7.05 Å². The molecule has 0 bridgehead atoms. The van der Waals surface area contributed by atoms with E-state index < -0.39 is 11.9 Å². The van der Waals surface area contributed by atoms with Crippen LogP contribution in [-0.2, 0) is 23.8 Å². The summed E-state index contributed by atoms with van der Waals surface area (Å²) in [5, 5.41) is 1.14. The van der Waals surface area contributed by atoms with E-state index in [9.17, 15) is 4.79 Å². The first-order valence-electron chi connectivity index (χ1n) is 5.23. The normalized spacial score (nSPS) is 36.1. The molecule has 0 saturated carbocycles. The predicted molar refractivity (Wildman–Crippen MR) is 53.3 cm³/mol. The molecule has 2 saturated heterocycles. The maximum atomic E-state index is 11.9. The van der Waals surface area contributed by atoms with Crippen LogP contribution in [0.3, 0.4) is 0 Å². The van der Waals surface area contributed by atoms with Gasteiger partial charge in [-0.3, -0.25) is 9.63 Å². The zero-order chi connectivity index (χ0) is 11.9. The molecule has 16 heavy (non-hydrogen) atoms. The van der Waals surface area contributed by atoms with E-state index in [-0.39, 0.29) is 18.1 Å². The highest BCUT2D eigenvalue weighted by Crippen LogP contribution is 2.35. The molecule has 3 atom stereocenters. The molecule has 2 heterocycles. The van der Waals surface area contributed by atoms with Gasteiger partial charge in [0.25, 0.3) is 5.91 Å². The largest absolute Gasteiger partial charge is 0.363 e. The molecule has 0 aromatic heterocycles. The molecule has 2 fully saturated rings. The van der Waals surface area contributed by atoms with Gasteiger partial charge < -0.3 is 14.2 Å². The Morgan fingerprint density at radius 3 is 2.75 bits per heavy atom. The summed E-state index contributed by atoms with van der Waals surface area (Å²) >= 11 is 0. The van der Waals surface area contributed by atoms with Gasteiger partial charge in [-0.15, -0.1) is 0 Å². The van der Waals surface area contributed by atoms with Crippen LogP contribution in [0.1, 0.15) is 13.8 Å². The minimum Gasteiger partial charge on any atom is -0.363 e. The fourth-order valence-electron chi connectivity index (χ4n) is 2.02. The molecule has 0 N–H and O–H groups in total. The number of nitrogens with zero attached hydrogens (tertiary/aromatic N) is 1. The van der Waals surface area contributed by atoms with Gasteiger partial charge in [0.2, 0.25) is 0 Å². The van der Waals surface area contributed by atoms with Crippen LogP contribution < -0.4 is 0 Å². The van der Waals surface area contributed by atoms with Crippen LogP contribution >= 0.6 is 0 Å². The minimum atomic E-state index is -0.650. The van der Waals surface area contributed by atoms with Gasteiger partial charge in [0.05, 0.1) is 13.7 Å². The Hall–Kier alpha value is -0.690. The number of hydrogen-bond donors (Lipinski definition) is 0. The van der Waals surface area contributed by atoms with Crippen LogP contribution in [0, 0.1) is 0 Å². The molecule has 6 heteroatoms. The van der Waals surface area contributed by atoms with E-state index in [2.05, 4.69) is 0 Å². The van der Waals surface area contributed by atoms with Crippen molar-refractivity contribution in [1.82, 2.24) is 5.06 Å². The van der Waals surface area contributed by atoms with Crippen molar-refractivity contribution in [3.8, 4) is 0 Å². The van der Waals surface area contributed by atoms with Gasteiger partial charge in [-0.1, -0.05) is 0 Å². The summed E-state index contributed by atoms with van der Waals surface area (Å²) < 4.78 is 16.6. The molecule has 0 aliphatic carbocycles. The number of hydroxylamine groups is 2. The zero-order valence-electron chi connectivity index (χ0n) is 9.93. The average molecular weight is 231 g/mol. The second kappa shape index (κ2) is 3.96. The molecule has 0 aromatic rings. The molecule has 2 aliphatic heterocycles. The fraction of sp³-hybridized carbons (Fsp3) is 0.900. The van der Waals surface area contributed by atoms with Gasteiger partial charge in [0.15, 0.2) is 11.9 Å². The van der Waals surface area contributed by atoms with Crippen molar-refractivity contribution in [2.24, 2.45) is 0 Å². The number of hydrogen-bond acceptors (Lipinski definition) is 5. The summed E-state index contributed by atoms with van der Waals surface area (Å²) in [5.41, 5.74) is 0.